The summed E-state index contributed by atoms with van der Waals surface area (Å²) in [6.07, 6.45) is 6.15. The van der Waals surface area contributed by atoms with Gasteiger partial charge in [-0.2, -0.15) is 0 Å². The first kappa shape index (κ1) is 14.4. The molecule has 1 aromatic heterocycles. The lowest BCUT2D eigenvalue weighted by Gasteiger charge is -2.40. The number of carbonyl (C=O) groups is 1. The molecule has 1 saturated carbocycles. The average Bonchev–Trinajstić information content (AvgIpc) is 3.05. The number of hydrogen-bond donors (Lipinski definition) is 1. The maximum atomic E-state index is 11.8. The lowest BCUT2D eigenvalue weighted by atomic mass is 10.1. The number of likely N-dealkylation sites (tertiary alicyclic amines) is 1. The predicted molar refractivity (Wildman–Crippen MR) is 78.9 cm³/mol. The molecule has 1 aliphatic carbocycles. The Balaban J connectivity index is 1.41. The van der Waals surface area contributed by atoms with Gasteiger partial charge in [-0.05, 0) is 33.6 Å². The Kier molecular flexibility index (Phi) is 3.65. The van der Waals surface area contributed by atoms with Crippen LogP contribution in [0.5, 0.6) is 0 Å². The first-order chi connectivity index (χ1) is 9.92. The van der Waals surface area contributed by atoms with E-state index < -0.39 is 5.60 Å². The van der Waals surface area contributed by atoms with Gasteiger partial charge in [-0.25, -0.2) is 9.78 Å². The molecule has 1 aliphatic heterocycles. The van der Waals surface area contributed by atoms with E-state index in [9.17, 15) is 4.79 Å². The van der Waals surface area contributed by atoms with Gasteiger partial charge >= 0.3 is 6.09 Å². The van der Waals surface area contributed by atoms with Crippen molar-refractivity contribution in [3.8, 4) is 0 Å². The molecule has 0 radical (unpaired) electrons. The Bertz CT molecular complexity index is 510. The summed E-state index contributed by atoms with van der Waals surface area (Å²) in [5.41, 5.74) is 0.806. The van der Waals surface area contributed by atoms with Crippen LogP contribution in [-0.2, 0) is 11.3 Å². The molecule has 0 bridgehead atoms. The van der Waals surface area contributed by atoms with Gasteiger partial charge in [0.1, 0.15) is 5.60 Å². The molecular weight excluding hydrogens is 268 g/mol. The van der Waals surface area contributed by atoms with E-state index in [-0.39, 0.29) is 6.09 Å². The minimum atomic E-state index is -0.424. The van der Waals surface area contributed by atoms with E-state index in [0.29, 0.717) is 25.2 Å². The highest BCUT2D eigenvalue weighted by atomic mass is 16.6. The summed E-state index contributed by atoms with van der Waals surface area (Å²) < 4.78 is 7.61. The van der Waals surface area contributed by atoms with Crippen LogP contribution in [0.2, 0.25) is 0 Å². The number of hydrogen-bond acceptors (Lipinski definition) is 4. The molecule has 0 aromatic carbocycles. The summed E-state index contributed by atoms with van der Waals surface area (Å²) >= 11 is 0. The van der Waals surface area contributed by atoms with Crippen LogP contribution in [0.15, 0.2) is 12.5 Å². The van der Waals surface area contributed by atoms with Crippen LogP contribution in [0.3, 0.4) is 0 Å². The van der Waals surface area contributed by atoms with E-state index in [2.05, 4.69) is 14.9 Å². The molecule has 2 heterocycles. The van der Waals surface area contributed by atoms with Crippen molar-refractivity contribution in [3.63, 3.8) is 0 Å². The first-order valence-electron chi connectivity index (χ1n) is 7.64. The summed E-state index contributed by atoms with van der Waals surface area (Å²) in [6, 6.07) is 1.00. The van der Waals surface area contributed by atoms with Crippen LogP contribution in [0.1, 0.15) is 45.3 Å². The van der Waals surface area contributed by atoms with Crippen molar-refractivity contribution >= 4 is 6.09 Å². The predicted octanol–water partition coefficient (Wildman–Crippen LogP) is 1.93. The summed E-state index contributed by atoms with van der Waals surface area (Å²) in [5, 5.41) is 3.48. The highest BCUT2D eigenvalue weighted by Crippen LogP contribution is 2.35. The molecule has 1 amide bonds. The zero-order valence-electron chi connectivity index (χ0n) is 13.0. The summed E-state index contributed by atoms with van der Waals surface area (Å²) in [5.74, 6) is 0. The van der Waals surface area contributed by atoms with E-state index in [1.54, 1.807) is 4.90 Å². The second-order valence-electron chi connectivity index (χ2n) is 6.99. The lowest BCUT2D eigenvalue weighted by molar-refractivity contribution is 0.00513. The van der Waals surface area contributed by atoms with Gasteiger partial charge in [-0.15, -0.1) is 0 Å². The molecule has 0 unspecified atom stereocenters. The highest BCUT2D eigenvalue weighted by Gasteiger charge is 2.33. The topological polar surface area (TPSA) is 59.4 Å². The monoisotopic (exact) mass is 292 g/mol. The van der Waals surface area contributed by atoms with Crippen LogP contribution >= 0.6 is 0 Å². The van der Waals surface area contributed by atoms with Crippen LogP contribution in [0.25, 0.3) is 0 Å². The Hall–Kier alpha value is -1.56. The normalized spacial score (nSPS) is 19.5. The number of carbonyl (C=O) groups excluding carboxylic acids is 1. The molecule has 2 aliphatic rings. The Morgan fingerprint density at radius 3 is 2.76 bits per heavy atom. The number of imidazole rings is 1. The average molecular weight is 292 g/mol. The van der Waals surface area contributed by atoms with Crippen molar-refractivity contribution in [1.82, 2.24) is 19.8 Å². The van der Waals surface area contributed by atoms with Crippen molar-refractivity contribution in [1.29, 1.82) is 0 Å². The molecule has 116 valence electrons. The van der Waals surface area contributed by atoms with Gasteiger partial charge in [0.15, 0.2) is 0 Å². The number of nitrogens with one attached hydrogen (secondary N) is 1. The van der Waals surface area contributed by atoms with Crippen molar-refractivity contribution in [3.05, 3.63) is 18.2 Å². The number of ether oxygens (including phenoxy) is 1. The Morgan fingerprint density at radius 1 is 1.43 bits per heavy atom. The van der Waals surface area contributed by atoms with Crippen LogP contribution in [-0.4, -0.2) is 45.3 Å². The van der Waals surface area contributed by atoms with Crippen LogP contribution in [0.4, 0.5) is 4.79 Å². The van der Waals surface area contributed by atoms with Crippen molar-refractivity contribution < 1.29 is 9.53 Å². The Morgan fingerprint density at radius 2 is 2.14 bits per heavy atom. The van der Waals surface area contributed by atoms with Crippen molar-refractivity contribution in [2.45, 2.75) is 57.8 Å². The molecule has 1 N–H and O–H groups in total. The third-order valence-corrected chi connectivity index (χ3v) is 3.79. The van der Waals surface area contributed by atoms with Gasteiger partial charge in [0.25, 0.3) is 0 Å². The quantitative estimate of drug-likeness (QED) is 0.921. The fourth-order valence-corrected chi connectivity index (χ4v) is 2.48. The molecule has 6 heteroatoms. The van der Waals surface area contributed by atoms with Gasteiger partial charge in [0, 0.05) is 37.9 Å². The van der Waals surface area contributed by atoms with E-state index >= 15 is 0 Å². The molecule has 0 atom stereocenters. The fourth-order valence-electron chi connectivity index (χ4n) is 2.48. The van der Waals surface area contributed by atoms with E-state index in [4.69, 9.17) is 4.74 Å². The van der Waals surface area contributed by atoms with Gasteiger partial charge < -0.3 is 19.5 Å². The zero-order valence-corrected chi connectivity index (χ0v) is 13.0. The van der Waals surface area contributed by atoms with Gasteiger partial charge in [-0.3, -0.25) is 0 Å². The molecule has 2 fully saturated rings. The number of nitrogens with zero attached hydrogens (tertiary/aromatic N) is 3. The van der Waals surface area contributed by atoms with Crippen molar-refractivity contribution in [2.24, 2.45) is 0 Å². The standard InChI is InChI=1S/C15H24N4O2/c1-15(2,3)21-14(20)18-8-11(9-18)17-7-13-6-16-10-19(13)12-4-5-12/h6,10-12,17H,4-5,7-9H2,1-3H3. The second-order valence-corrected chi connectivity index (χ2v) is 6.99. The molecule has 1 aromatic rings. The maximum Gasteiger partial charge on any atom is 0.410 e. The molecule has 3 rings (SSSR count). The largest absolute Gasteiger partial charge is 0.444 e. The van der Waals surface area contributed by atoms with Gasteiger partial charge in [0.2, 0.25) is 0 Å². The van der Waals surface area contributed by atoms with E-state index in [0.717, 1.165) is 6.54 Å². The van der Waals surface area contributed by atoms with Gasteiger partial charge in [-0.1, -0.05) is 0 Å². The SMILES string of the molecule is CC(C)(C)OC(=O)N1CC(NCc2cncn2C2CC2)C1. The third kappa shape index (κ3) is 3.56. The minimum absolute atomic E-state index is 0.219. The molecular formula is C15H24N4O2. The third-order valence-electron chi connectivity index (χ3n) is 3.79. The highest BCUT2D eigenvalue weighted by molar-refractivity contribution is 5.69. The zero-order chi connectivity index (χ0) is 15.0. The molecule has 1 saturated heterocycles. The fraction of sp³-hybridized carbons (Fsp3) is 0.733. The molecule has 21 heavy (non-hydrogen) atoms. The molecule has 0 spiro atoms. The number of amides is 1. The van der Waals surface area contributed by atoms with Crippen LogP contribution < -0.4 is 5.32 Å². The smallest absolute Gasteiger partial charge is 0.410 e. The summed E-state index contributed by atoms with van der Waals surface area (Å²) in [4.78, 5) is 17.8. The van der Waals surface area contributed by atoms with E-state index in [1.165, 1.54) is 18.5 Å². The second kappa shape index (κ2) is 5.33. The minimum Gasteiger partial charge on any atom is -0.444 e. The Labute approximate surface area is 125 Å². The van der Waals surface area contributed by atoms with E-state index in [1.807, 2.05) is 33.3 Å². The van der Waals surface area contributed by atoms with Gasteiger partial charge in [0.05, 0.1) is 12.0 Å². The maximum absolute atomic E-state index is 11.8. The number of aromatic nitrogens is 2. The summed E-state index contributed by atoms with van der Waals surface area (Å²) in [6.45, 7) is 7.90. The summed E-state index contributed by atoms with van der Waals surface area (Å²) in [7, 11) is 0. The lowest BCUT2D eigenvalue weighted by Crippen LogP contribution is -2.60. The first-order valence-corrected chi connectivity index (χ1v) is 7.64. The molecule has 6 nitrogen and oxygen atoms in total. The number of rotatable bonds is 4. The van der Waals surface area contributed by atoms with Crippen molar-refractivity contribution in [2.75, 3.05) is 13.1 Å². The van der Waals surface area contributed by atoms with Crippen LogP contribution in [0, 0.1) is 0 Å².